The predicted octanol–water partition coefficient (Wildman–Crippen LogP) is 3.69. The van der Waals surface area contributed by atoms with Gasteiger partial charge in [0.05, 0.1) is 17.1 Å². The summed E-state index contributed by atoms with van der Waals surface area (Å²) >= 11 is 12.8. The summed E-state index contributed by atoms with van der Waals surface area (Å²) < 4.78 is 25.0. The van der Waals surface area contributed by atoms with Crippen molar-refractivity contribution in [2.24, 2.45) is 5.14 Å². The van der Waals surface area contributed by atoms with Gasteiger partial charge in [-0.05, 0) is 42.8 Å². The molecular formula is C20H16Cl2N4O3S. The number of hydrogen-bond acceptors (Lipinski definition) is 4. The molecule has 3 N–H and O–H groups in total. The summed E-state index contributed by atoms with van der Waals surface area (Å²) in [5, 5.41) is 13.3. The van der Waals surface area contributed by atoms with E-state index in [-0.39, 0.29) is 16.4 Å². The lowest BCUT2D eigenvalue weighted by atomic mass is 10.0. The zero-order valence-corrected chi connectivity index (χ0v) is 18.0. The number of nitrogens with zero attached hydrogens (tertiary/aromatic N) is 2. The van der Waals surface area contributed by atoms with E-state index in [2.05, 4.69) is 10.4 Å². The maximum atomic E-state index is 12.5. The van der Waals surface area contributed by atoms with Crippen molar-refractivity contribution in [2.75, 3.05) is 5.32 Å². The van der Waals surface area contributed by atoms with Gasteiger partial charge in [-0.2, -0.15) is 5.10 Å². The van der Waals surface area contributed by atoms with Crippen LogP contribution < -0.4 is 10.5 Å². The van der Waals surface area contributed by atoms with Gasteiger partial charge in [0.15, 0.2) is 0 Å². The highest BCUT2D eigenvalue weighted by molar-refractivity contribution is 7.89. The number of aromatic nitrogens is 2. The third kappa shape index (κ3) is 3.75. The summed E-state index contributed by atoms with van der Waals surface area (Å²) in [5.41, 5.74) is 3.23. The predicted molar refractivity (Wildman–Crippen MR) is 117 cm³/mol. The first kappa shape index (κ1) is 20.6. The molecule has 30 heavy (non-hydrogen) atoms. The number of fused-ring (bicyclic) bond motifs is 1. The number of hydrogen-bond donors (Lipinski definition) is 2. The Balaban J connectivity index is 1.77. The molecule has 0 unspecified atom stereocenters. The van der Waals surface area contributed by atoms with E-state index in [1.54, 1.807) is 23.7 Å². The number of carbonyl (C=O) groups excluding carboxylic acids is 1. The molecule has 3 aromatic rings. The molecule has 0 aliphatic carbocycles. The number of nitrogens with two attached hydrogens (primary N) is 1. The average Bonchev–Trinajstić information content (AvgIpc) is 3.13. The number of sulfonamides is 1. The Labute approximate surface area is 183 Å². The molecule has 0 saturated heterocycles. The molecule has 0 radical (unpaired) electrons. The van der Waals surface area contributed by atoms with Crippen LogP contribution in [-0.2, 0) is 21.4 Å². The van der Waals surface area contributed by atoms with Crippen molar-refractivity contribution in [1.29, 1.82) is 0 Å². The van der Waals surface area contributed by atoms with Crippen LogP contribution in [0.4, 0.5) is 5.69 Å². The molecule has 0 saturated carbocycles. The number of nitrogens with one attached hydrogen (secondary N) is 1. The monoisotopic (exact) mass is 462 g/mol. The van der Waals surface area contributed by atoms with Crippen LogP contribution in [0.3, 0.4) is 0 Å². The smallest absolute Gasteiger partial charge is 0.256 e. The molecule has 0 fully saturated rings. The van der Waals surface area contributed by atoms with Gasteiger partial charge in [-0.25, -0.2) is 18.2 Å². The summed E-state index contributed by atoms with van der Waals surface area (Å²) in [6.45, 7) is 2.14. The zero-order valence-electron chi connectivity index (χ0n) is 15.7. The van der Waals surface area contributed by atoms with Crippen LogP contribution in [0.15, 0.2) is 47.4 Å². The second-order valence-electron chi connectivity index (χ2n) is 6.80. The summed E-state index contributed by atoms with van der Waals surface area (Å²) in [6.07, 6.45) is 1.60. The molecule has 0 spiro atoms. The summed E-state index contributed by atoms with van der Waals surface area (Å²) in [4.78, 5) is 12.4. The molecule has 0 atom stereocenters. The van der Waals surface area contributed by atoms with Crippen molar-refractivity contribution < 1.29 is 13.2 Å². The van der Waals surface area contributed by atoms with E-state index in [9.17, 15) is 13.2 Å². The van der Waals surface area contributed by atoms with Gasteiger partial charge >= 0.3 is 0 Å². The molecule has 7 nitrogen and oxygen atoms in total. The Morgan fingerprint density at radius 2 is 1.93 bits per heavy atom. The Morgan fingerprint density at radius 1 is 1.20 bits per heavy atom. The average molecular weight is 463 g/mol. The normalized spacial score (nSPS) is 14.8. The fraction of sp³-hybridized carbons (Fsp3) is 0.100. The molecule has 1 aromatic heterocycles. The van der Waals surface area contributed by atoms with Crippen molar-refractivity contribution in [1.82, 2.24) is 9.78 Å². The largest absolute Gasteiger partial charge is 0.321 e. The highest BCUT2D eigenvalue weighted by Gasteiger charge is 2.27. The molecule has 10 heteroatoms. The van der Waals surface area contributed by atoms with Crippen LogP contribution in [0.5, 0.6) is 0 Å². The van der Waals surface area contributed by atoms with E-state index in [1.807, 2.05) is 18.2 Å². The first-order valence-corrected chi connectivity index (χ1v) is 11.1. The third-order valence-electron chi connectivity index (χ3n) is 4.78. The van der Waals surface area contributed by atoms with Crippen LogP contribution >= 0.6 is 23.2 Å². The van der Waals surface area contributed by atoms with Gasteiger partial charge in [0, 0.05) is 27.4 Å². The molecule has 1 aliphatic heterocycles. The van der Waals surface area contributed by atoms with Gasteiger partial charge in [-0.3, -0.25) is 4.79 Å². The van der Waals surface area contributed by atoms with Crippen LogP contribution in [0.1, 0.15) is 22.4 Å². The summed E-state index contributed by atoms with van der Waals surface area (Å²) in [5.74, 6) is -0.370. The molecule has 1 aliphatic rings. The molecule has 1 amide bonds. The van der Waals surface area contributed by atoms with E-state index in [4.69, 9.17) is 28.3 Å². The number of primary sulfonamides is 1. The Hall–Kier alpha value is -2.65. The van der Waals surface area contributed by atoms with Crippen LogP contribution in [0.2, 0.25) is 10.2 Å². The molecular weight excluding hydrogens is 447 g/mol. The van der Waals surface area contributed by atoms with Gasteiger partial charge in [-0.1, -0.05) is 41.4 Å². The highest BCUT2D eigenvalue weighted by Crippen LogP contribution is 2.36. The lowest BCUT2D eigenvalue weighted by molar-refractivity contribution is -0.110. The summed E-state index contributed by atoms with van der Waals surface area (Å²) in [7, 11) is -3.91. The first-order chi connectivity index (χ1) is 14.1. The van der Waals surface area contributed by atoms with E-state index >= 15 is 0 Å². The fourth-order valence-corrected chi connectivity index (χ4v) is 4.28. The molecule has 2 aromatic carbocycles. The maximum Gasteiger partial charge on any atom is 0.256 e. The van der Waals surface area contributed by atoms with Gasteiger partial charge in [0.25, 0.3) is 5.91 Å². The quantitative estimate of drug-likeness (QED) is 0.576. The van der Waals surface area contributed by atoms with Crippen molar-refractivity contribution in [3.05, 3.63) is 75.0 Å². The third-order valence-corrected chi connectivity index (χ3v) is 6.46. The number of carbonyl (C=O) groups is 1. The van der Waals surface area contributed by atoms with E-state index in [1.165, 1.54) is 18.2 Å². The van der Waals surface area contributed by atoms with Crippen molar-refractivity contribution in [3.63, 3.8) is 0 Å². The lowest BCUT2D eigenvalue weighted by Gasteiger charge is -2.06. The highest BCUT2D eigenvalue weighted by atomic mass is 35.5. The number of halogens is 2. The molecule has 2 heterocycles. The number of aryl methyl sites for hydroxylation is 1. The zero-order chi connectivity index (χ0) is 21.6. The minimum absolute atomic E-state index is 0.0825. The van der Waals surface area contributed by atoms with Gasteiger partial charge in [-0.15, -0.1) is 0 Å². The van der Waals surface area contributed by atoms with Crippen LogP contribution in [-0.4, -0.2) is 24.1 Å². The molecule has 154 valence electrons. The van der Waals surface area contributed by atoms with Crippen LogP contribution in [0.25, 0.3) is 11.6 Å². The fourth-order valence-electron chi connectivity index (χ4n) is 3.26. The van der Waals surface area contributed by atoms with Gasteiger partial charge in [0.1, 0.15) is 5.15 Å². The van der Waals surface area contributed by atoms with E-state index in [0.29, 0.717) is 39.2 Å². The molecule has 4 rings (SSSR count). The Bertz CT molecular complexity index is 1330. The van der Waals surface area contributed by atoms with Gasteiger partial charge < -0.3 is 5.32 Å². The second kappa shape index (κ2) is 7.55. The number of rotatable bonds is 4. The summed E-state index contributed by atoms with van der Waals surface area (Å²) in [6, 6.07) is 11.6. The minimum Gasteiger partial charge on any atom is -0.321 e. The standard InChI is InChI=1S/C20H16Cl2N4O3S/c1-11-14(19(22)26(25-11)10-12-4-2-3-5-17(12)21)9-16-15-8-13(30(23,28)29)6-7-18(15)24-20(16)27/h2-9H,10H2,1H3,(H,24,27)(H2,23,28,29)/b16-9-. The second-order valence-corrected chi connectivity index (χ2v) is 9.13. The van der Waals surface area contributed by atoms with Gasteiger partial charge in [0.2, 0.25) is 10.0 Å². The van der Waals surface area contributed by atoms with Crippen molar-refractivity contribution in [3.8, 4) is 0 Å². The van der Waals surface area contributed by atoms with Crippen molar-refractivity contribution in [2.45, 2.75) is 18.4 Å². The minimum atomic E-state index is -3.91. The Morgan fingerprint density at radius 3 is 2.63 bits per heavy atom. The number of amides is 1. The number of anilines is 1. The van der Waals surface area contributed by atoms with E-state index < -0.39 is 10.0 Å². The first-order valence-electron chi connectivity index (χ1n) is 8.81. The topological polar surface area (TPSA) is 107 Å². The SMILES string of the molecule is Cc1nn(Cc2ccccc2Cl)c(Cl)c1/C=C1\C(=O)Nc2ccc(S(N)(=O)=O)cc21. The lowest BCUT2D eigenvalue weighted by Crippen LogP contribution is -2.12. The number of benzene rings is 2. The molecule has 0 bridgehead atoms. The van der Waals surface area contributed by atoms with E-state index in [0.717, 1.165) is 5.56 Å². The Kier molecular flexibility index (Phi) is 5.19. The van der Waals surface area contributed by atoms with Crippen LogP contribution in [0, 0.1) is 6.92 Å². The maximum absolute atomic E-state index is 12.5. The van der Waals surface area contributed by atoms with Crippen molar-refractivity contribution >= 4 is 56.5 Å².